The highest BCUT2D eigenvalue weighted by atomic mass is 35.5. The summed E-state index contributed by atoms with van der Waals surface area (Å²) in [6.07, 6.45) is 0.303. The van der Waals surface area contributed by atoms with Gasteiger partial charge in [-0.2, -0.15) is 0 Å². The highest BCUT2D eigenvalue weighted by molar-refractivity contribution is 6.39. The van der Waals surface area contributed by atoms with Crippen molar-refractivity contribution in [2.24, 2.45) is 0 Å². The normalized spacial score (nSPS) is 22.4. The molecule has 1 aliphatic heterocycles. The van der Waals surface area contributed by atoms with Gasteiger partial charge in [-0.05, 0) is 42.8 Å². The van der Waals surface area contributed by atoms with Gasteiger partial charge < -0.3 is 14.9 Å². The molecule has 1 fully saturated rings. The summed E-state index contributed by atoms with van der Waals surface area (Å²) in [6, 6.07) is 10.2. The van der Waals surface area contributed by atoms with Crippen molar-refractivity contribution in [1.82, 2.24) is 10.5 Å². The van der Waals surface area contributed by atoms with Gasteiger partial charge in [0.05, 0.1) is 27.2 Å². The van der Waals surface area contributed by atoms with Crippen molar-refractivity contribution in [3.05, 3.63) is 75.4 Å². The van der Waals surface area contributed by atoms with Crippen LogP contribution in [0.5, 0.6) is 0 Å². The summed E-state index contributed by atoms with van der Waals surface area (Å²) in [5, 5.41) is 19.5. The van der Waals surface area contributed by atoms with Gasteiger partial charge >= 0.3 is 0 Å². The molecule has 1 saturated heterocycles. The maximum atomic E-state index is 13.8. The van der Waals surface area contributed by atoms with E-state index >= 15 is 0 Å². The molecule has 0 aliphatic carbocycles. The SMILES string of the molecule is O[C@]1(c2ccc(F)c(F)c2)CCNC[C@H]1c1cc(-c2c(Cl)cccc2Cl)on1. The molecular weight excluding hydrogens is 409 g/mol. The minimum Gasteiger partial charge on any atom is -0.384 e. The number of aliphatic hydroxyl groups is 1. The van der Waals surface area contributed by atoms with Gasteiger partial charge in [0, 0.05) is 12.6 Å². The molecule has 3 aromatic rings. The molecule has 146 valence electrons. The Hall–Kier alpha value is -1.99. The van der Waals surface area contributed by atoms with Gasteiger partial charge in [0.1, 0.15) is 5.60 Å². The largest absolute Gasteiger partial charge is 0.384 e. The van der Waals surface area contributed by atoms with Crippen molar-refractivity contribution >= 4 is 23.2 Å². The summed E-state index contributed by atoms with van der Waals surface area (Å²) in [5.74, 6) is -2.14. The zero-order valence-corrected chi connectivity index (χ0v) is 16.1. The molecule has 0 spiro atoms. The number of aromatic nitrogens is 1. The minimum absolute atomic E-state index is 0.290. The van der Waals surface area contributed by atoms with Crippen LogP contribution in [0.2, 0.25) is 10.0 Å². The van der Waals surface area contributed by atoms with Crippen molar-refractivity contribution in [3.8, 4) is 11.3 Å². The van der Waals surface area contributed by atoms with Crippen LogP contribution in [-0.4, -0.2) is 23.4 Å². The summed E-state index contributed by atoms with van der Waals surface area (Å²) in [7, 11) is 0. The summed E-state index contributed by atoms with van der Waals surface area (Å²) >= 11 is 12.5. The van der Waals surface area contributed by atoms with Gasteiger partial charge in [0.15, 0.2) is 17.4 Å². The molecule has 2 N–H and O–H groups in total. The Morgan fingerprint density at radius 3 is 2.57 bits per heavy atom. The lowest BCUT2D eigenvalue weighted by atomic mass is 9.75. The van der Waals surface area contributed by atoms with E-state index in [2.05, 4.69) is 10.5 Å². The molecule has 2 heterocycles. The number of halogens is 4. The molecule has 28 heavy (non-hydrogen) atoms. The zero-order chi connectivity index (χ0) is 19.9. The van der Waals surface area contributed by atoms with E-state index in [0.29, 0.717) is 52.1 Å². The lowest BCUT2D eigenvalue weighted by molar-refractivity contribution is -0.0177. The van der Waals surface area contributed by atoms with Gasteiger partial charge in [-0.1, -0.05) is 40.5 Å². The van der Waals surface area contributed by atoms with E-state index in [1.54, 1.807) is 24.3 Å². The number of nitrogens with zero attached hydrogens (tertiary/aromatic N) is 1. The number of hydrogen-bond donors (Lipinski definition) is 2. The fourth-order valence-electron chi connectivity index (χ4n) is 3.63. The van der Waals surface area contributed by atoms with Crippen molar-refractivity contribution in [1.29, 1.82) is 0 Å². The fraction of sp³-hybridized carbons (Fsp3) is 0.250. The fourth-order valence-corrected chi connectivity index (χ4v) is 4.22. The molecule has 0 unspecified atom stereocenters. The van der Waals surface area contributed by atoms with Gasteiger partial charge in [-0.15, -0.1) is 0 Å². The molecule has 1 aromatic heterocycles. The minimum atomic E-state index is -1.43. The van der Waals surface area contributed by atoms with Crippen molar-refractivity contribution in [3.63, 3.8) is 0 Å². The molecule has 0 radical (unpaired) electrons. The van der Waals surface area contributed by atoms with E-state index in [4.69, 9.17) is 27.7 Å². The number of benzene rings is 2. The molecular formula is C20H16Cl2F2N2O2. The average Bonchev–Trinajstić information content (AvgIpc) is 3.13. The smallest absolute Gasteiger partial charge is 0.170 e. The molecule has 8 heteroatoms. The summed E-state index contributed by atoms with van der Waals surface area (Å²) < 4.78 is 32.6. The van der Waals surface area contributed by atoms with Crippen LogP contribution in [0, 0.1) is 11.6 Å². The van der Waals surface area contributed by atoms with Crippen molar-refractivity contribution in [2.45, 2.75) is 17.9 Å². The number of rotatable bonds is 3. The molecule has 2 atom stereocenters. The molecule has 0 saturated carbocycles. The molecule has 0 bridgehead atoms. The first kappa shape index (κ1) is 19.3. The van der Waals surface area contributed by atoms with Crippen LogP contribution in [-0.2, 0) is 5.60 Å². The maximum Gasteiger partial charge on any atom is 0.170 e. The second-order valence-electron chi connectivity index (χ2n) is 6.77. The second kappa shape index (κ2) is 7.44. The Labute approximate surface area is 170 Å². The topological polar surface area (TPSA) is 58.3 Å². The third-order valence-corrected chi connectivity index (χ3v) is 5.75. The predicted molar refractivity (Wildman–Crippen MR) is 102 cm³/mol. The second-order valence-corrected chi connectivity index (χ2v) is 7.59. The van der Waals surface area contributed by atoms with E-state index in [1.165, 1.54) is 6.07 Å². The van der Waals surface area contributed by atoms with Crippen LogP contribution in [0.1, 0.15) is 23.6 Å². The number of piperidine rings is 1. The standard InChI is InChI=1S/C20H16Cl2F2N2O2/c21-13-2-1-3-14(22)19(13)18-9-17(26-28-18)12-10-25-7-6-20(12,27)11-4-5-15(23)16(24)8-11/h1-5,8-9,12,25,27H,6-7,10H2/t12-,20-/m0/s1. The first-order chi connectivity index (χ1) is 13.4. The van der Waals surface area contributed by atoms with Crippen LogP contribution in [0.4, 0.5) is 8.78 Å². The van der Waals surface area contributed by atoms with Crippen LogP contribution in [0.3, 0.4) is 0 Å². The average molecular weight is 425 g/mol. The summed E-state index contributed by atoms with van der Waals surface area (Å²) in [4.78, 5) is 0. The van der Waals surface area contributed by atoms with Crippen molar-refractivity contribution in [2.75, 3.05) is 13.1 Å². The monoisotopic (exact) mass is 424 g/mol. The molecule has 0 amide bonds. The molecule has 1 aliphatic rings. The quantitative estimate of drug-likeness (QED) is 0.628. The van der Waals surface area contributed by atoms with E-state index in [0.717, 1.165) is 12.1 Å². The molecule has 4 nitrogen and oxygen atoms in total. The Bertz CT molecular complexity index is 1010. The summed E-state index contributed by atoms with van der Waals surface area (Å²) in [6.45, 7) is 0.908. The van der Waals surface area contributed by atoms with E-state index in [9.17, 15) is 13.9 Å². The first-order valence-corrected chi connectivity index (χ1v) is 9.45. The first-order valence-electron chi connectivity index (χ1n) is 8.70. The number of nitrogens with one attached hydrogen (secondary N) is 1. The number of hydrogen-bond acceptors (Lipinski definition) is 4. The van der Waals surface area contributed by atoms with E-state index in [-0.39, 0.29) is 0 Å². The van der Waals surface area contributed by atoms with Gasteiger partial charge in [0.2, 0.25) is 0 Å². The van der Waals surface area contributed by atoms with Crippen LogP contribution in [0.15, 0.2) is 47.0 Å². The van der Waals surface area contributed by atoms with Crippen LogP contribution < -0.4 is 5.32 Å². The van der Waals surface area contributed by atoms with Gasteiger partial charge in [-0.3, -0.25) is 0 Å². The Kier molecular flexibility index (Phi) is 5.14. The molecule has 2 aromatic carbocycles. The van der Waals surface area contributed by atoms with Gasteiger partial charge in [0.25, 0.3) is 0 Å². The van der Waals surface area contributed by atoms with E-state index < -0.39 is 23.2 Å². The van der Waals surface area contributed by atoms with Crippen LogP contribution in [0.25, 0.3) is 11.3 Å². The Balaban J connectivity index is 1.75. The predicted octanol–water partition coefficient (Wildman–Crippen LogP) is 4.89. The third kappa shape index (κ3) is 3.31. The van der Waals surface area contributed by atoms with E-state index in [1.807, 2.05) is 0 Å². The third-order valence-electron chi connectivity index (χ3n) is 5.12. The van der Waals surface area contributed by atoms with Crippen molar-refractivity contribution < 1.29 is 18.4 Å². The van der Waals surface area contributed by atoms with Gasteiger partial charge in [-0.25, -0.2) is 8.78 Å². The Morgan fingerprint density at radius 2 is 1.86 bits per heavy atom. The summed E-state index contributed by atoms with van der Waals surface area (Å²) in [5.41, 5.74) is -0.175. The lowest BCUT2D eigenvalue weighted by Crippen LogP contribution is -2.46. The highest BCUT2D eigenvalue weighted by Gasteiger charge is 2.43. The van der Waals surface area contributed by atoms with Crippen LogP contribution >= 0.6 is 23.2 Å². The highest BCUT2D eigenvalue weighted by Crippen LogP contribution is 2.43. The lowest BCUT2D eigenvalue weighted by Gasteiger charge is -2.39. The molecule has 4 rings (SSSR count). The zero-order valence-electron chi connectivity index (χ0n) is 14.6. The maximum absolute atomic E-state index is 13.8. The Morgan fingerprint density at radius 1 is 1.11 bits per heavy atom.